The van der Waals surface area contributed by atoms with E-state index in [1.54, 1.807) is 19.2 Å². The van der Waals surface area contributed by atoms with Gasteiger partial charge in [-0.1, -0.05) is 68.4 Å². The Morgan fingerprint density at radius 2 is 1.43 bits per heavy atom. The van der Waals surface area contributed by atoms with Crippen LogP contribution in [0.1, 0.15) is 30.5 Å². The van der Waals surface area contributed by atoms with Crippen molar-refractivity contribution in [2.75, 3.05) is 20.2 Å². The number of H-pyrrole nitrogens is 1. The quantitative estimate of drug-likeness (QED) is 0.179. The van der Waals surface area contributed by atoms with Gasteiger partial charge < -0.3 is 9.72 Å². The van der Waals surface area contributed by atoms with Crippen LogP contribution >= 0.6 is 0 Å². The molecule has 0 radical (unpaired) electrons. The van der Waals surface area contributed by atoms with E-state index in [1.165, 1.54) is 17.7 Å². The zero-order valence-corrected chi connectivity index (χ0v) is 25.2. The van der Waals surface area contributed by atoms with E-state index in [1.807, 2.05) is 42.5 Å². The van der Waals surface area contributed by atoms with E-state index in [0.29, 0.717) is 11.7 Å². The molecule has 0 bridgehead atoms. The third-order valence-corrected chi connectivity index (χ3v) is 7.95. The minimum Gasteiger partial charge on any atom is -0.497 e. The molecule has 44 heavy (non-hydrogen) atoms. The van der Waals surface area contributed by atoms with Crippen LogP contribution < -0.4 is 4.74 Å². The van der Waals surface area contributed by atoms with Crippen LogP contribution in [0.4, 0.5) is 10.2 Å². The van der Waals surface area contributed by atoms with Crippen molar-refractivity contribution in [2.24, 2.45) is 9.98 Å². The predicted molar refractivity (Wildman–Crippen MR) is 179 cm³/mol. The fourth-order valence-electron chi connectivity index (χ4n) is 5.37. The van der Waals surface area contributed by atoms with Crippen molar-refractivity contribution in [3.8, 4) is 28.1 Å². The maximum Gasteiger partial charge on any atom is 0.162 e. The first-order valence-electron chi connectivity index (χ1n) is 14.9. The number of nitrogens with zero attached hydrogens (tertiary/aromatic N) is 3. The number of aromatic amines is 1. The Labute approximate surface area is 258 Å². The Bertz CT molecular complexity index is 1810. The van der Waals surface area contributed by atoms with Crippen molar-refractivity contribution in [1.82, 2.24) is 9.88 Å². The van der Waals surface area contributed by atoms with E-state index in [2.05, 4.69) is 72.3 Å². The SMILES string of the molecule is CCN(CC)Cc1ccc(C2=CC(c3ccc(OC)cc3)=N/C2=N\c2[nH]c(-c3ccc(F)cc3)cc2-c2ccccc2)cc1. The second-order valence-electron chi connectivity index (χ2n) is 10.7. The number of ether oxygens (including phenoxy) is 1. The summed E-state index contributed by atoms with van der Waals surface area (Å²) in [5.74, 6) is 1.83. The number of amidine groups is 1. The Balaban J connectivity index is 1.45. The lowest BCUT2D eigenvalue weighted by Gasteiger charge is -2.18. The highest BCUT2D eigenvalue weighted by molar-refractivity contribution is 6.38. The second-order valence-corrected chi connectivity index (χ2v) is 10.7. The lowest BCUT2D eigenvalue weighted by molar-refractivity contribution is 0.296. The zero-order chi connectivity index (χ0) is 30.5. The van der Waals surface area contributed by atoms with Gasteiger partial charge in [-0.2, -0.15) is 0 Å². The number of halogens is 1. The van der Waals surface area contributed by atoms with Gasteiger partial charge in [-0.15, -0.1) is 0 Å². The summed E-state index contributed by atoms with van der Waals surface area (Å²) in [6.45, 7) is 7.32. The molecular weight excluding hydrogens is 547 g/mol. The number of aromatic nitrogens is 1. The molecule has 0 amide bonds. The van der Waals surface area contributed by atoms with Crippen molar-refractivity contribution < 1.29 is 9.13 Å². The molecule has 0 unspecified atom stereocenters. The van der Waals surface area contributed by atoms with Crippen LogP contribution in [0.25, 0.3) is 28.0 Å². The van der Waals surface area contributed by atoms with Crippen molar-refractivity contribution >= 4 is 22.9 Å². The van der Waals surface area contributed by atoms with Gasteiger partial charge in [-0.3, -0.25) is 4.90 Å². The predicted octanol–water partition coefficient (Wildman–Crippen LogP) is 8.95. The van der Waals surface area contributed by atoms with Gasteiger partial charge in [0, 0.05) is 28.9 Å². The van der Waals surface area contributed by atoms with E-state index < -0.39 is 0 Å². The smallest absolute Gasteiger partial charge is 0.162 e. The standard InChI is InChI=1S/C38H35FN4O/c1-4-43(5-2)25-26-11-13-28(14-12-26)34-24-36(30-17-21-32(44-3)22-18-30)41-38(34)42-37-33(27-9-7-6-8-10-27)23-35(40-37)29-15-19-31(39)20-16-29/h6-24,40H,4-5,25H2,1-3H3/b42-38-. The van der Waals surface area contributed by atoms with Gasteiger partial charge >= 0.3 is 0 Å². The third kappa shape index (κ3) is 6.31. The van der Waals surface area contributed by atoms with Crippen LogP contribution in [0.15, 0.2) is 125 Å². The monoisotopic (exact) mass is 582 g/mol. The highest BCUT2D eigenvalue weighted by atomic mass is 19.1. The molecule has 0 spiro atoms. The van der Waals surface area contributed by atoms with Gasteiger partial charge in [0.05, 0.1) is 12.8 Å². The molecule has 5 nitrogen and oxygen atoms in total. The molecule has 0 fully saturated rings. The molecule has 0 aliphatic carbocycles. The van der Waals surface area contributed by atoms with Crippen LogP contribution in [0.3, 0.4) is 0 Å². The molecule has 0 atom stereocenters. The minimum atomic E-state index is -0.270. The number of aliphatic imine (C=N–C) groups is 2. The average molecular weight is 583 g/mol. The van der Waals surface area contributed by atoms with Gasteiger partial charge in [0.1, 0.15) is 17.4 Å². The van der Waals surface area contributed by atoms with Crippen molar-refractivity contribution in [2.45, 2.75) is 20.4 Å². The van der Waals surface area contributed by atoms with Gasteiger partial charge in [0.2, 0.25) is 0 Å². The first-order chi connectivity index (χ1) is 21.5. The van der Waals surface area contributed by atoms with E-state index in [9.17, 15) is 4.39 Å². The van der Waals surface area contributed by atoms with E-state index >= 15 is 0 Å². The van der Waals surface area contributed by atoms with E-state index in [4.69, 9.17) is 14.7 Å². The fourth-order valence-corrected chi connectivity index (χ4v) is 5.37. The maximum absolute atomic E-state index is 13.7. The van der Waals surface area contributed by atoms with Crippen LogP contribution in [0, 0.1) is 5.82 Å². The van der Waals surface area contributed by atoms with Gasteiger partial charge in [-0.25, -0.2) is 14.4 Å². The van der Waals surface area contributed by atoms with Crippen LogP contribution in [0.5, 0.6) is 5.75 Å². The van der Waals surface area contributed by atoms with Gasteiger partial charge in [-0.05, 0) is 96.0 Å². The highest BCUT2D eigenvalue weighted by Gasteiger charge is 2.21. The molecule has 5 aromatic rings. The second kappa shape index (κ2) is 13.1. The lowest BCUT2D eigenvalue weighted by Crippen LogP contribution is -2.22. The molecule has 0 saturated heterocycles. The Kier molecular flexibility index (Phi) is 8.62. The number of hydrogen-bond donors (Lipinski definition) is 1. The first kappa shape index (κ1) is 29.0. The number of allylic oxidation sites excluding steroid dienone is 1. The van der Waals surface area contributed by atoms with Crippen LogP contribution in [-0.4, -0.2) is 41.6 Å². The van der Waals surface area contributed by atoms with E-state index in [-0.39, 0.29) is 5.82 Å². The highest BCUT2D eigenvalue weighted by Crippen LogP contribution is 2.37. The lowest BCUT2D eigenvalue weighted by atomic mass is 10.0. The topological polar surface area (TPSA) is 53.0 Å². The molecule has 6 rings (SSSR count). The average Bonchev–Trinajstić information content (AvgIpc) is 3.69. The number of benzene rings is 4. The van der Waals surface area contributed by atoms with Crippen LogP contribution in [0.2, 0.25) is 0 Å². The largest absolute Gasteiger partial charge is 0.497 e. The number of rotatable bonds is 10. The summed E-state index contributed by atoms with van der Waals surface area (Å²) in [5.41, 5.74) is 8.78. The number of methoxy groups -OCH3 is 1. The molecule has 1 aliphatic heterocycles. The summed E-state index contributed by atoms with van der Waals surface area (Å²) >= 11 is 0. The number of hydrogen-bond acceptors (Lipinski definition) is 3. The maximum atomic E-state index is 13.7. The molecule has 1 aliphatic rings. The molecule has 1 N–H and O–H groups in total. The minimum absolute atomic E-state index is 0.270. The summed E-state index contributed by atoms with van der Waals surface area (Å²) in [7, 11) is 1.66. The van der Waals surface area contributed by atoms with Gasteiger partial charge in [0.15, 0.2) is 5.84 Å². The Morgan fingerprint density at radius 3 is 2.09 bits per heavy atom. The molecule has 6 heteroatoms. The van der Waals surface area contributed by atoms with Crippen molar-refractivity contribution in [1.29, 1.82) is 0 Å². The van der Waals surface area contributed by atoms with Gasteiger partial charge in [0.25, 0.3) is 0 Å². The third-order valence-electron chi connectivity index (χ3n) is 7.95. The molecule has 2 heterocycles. The summed E-state index contributed by atoms with van der Waals surface area (Å²) < 4.78 is 19.1. The summed E-state index contributed by atoms with van der Waals surface area (Å²) in [6.07, 6.45) is 2.10. The molecule has 1 aromatic heterocycles. The summed E-state index contributed by atoms with van der Waals surface area (Å²) in [5, 5.41) is 0. The normalized spacial score (nSPS) is 13.8. The Morgan fingerprint density at radius 1 is 0.773 bits per heavy atom. The fraction of sp³-hybridized carbons (Fsp3) is 0.158. The van der Waals surface area contributed by atoms with Crippen LogP contribution in [-0.2, 0) is 6.54 Å². The molecule has 220 valence electrons. The van der Waals surface area contributed by atoms with Crippen molar-refractivity contribution in [3.05, 3.63) is 138 Å². The molecule has 4 aromatic carbocycles. The summed E-state index contributed by atoms with van der Waals surface area (Å²) in [6, 6.07) is 35.3. The van der Waals surface area contributed by atoms with Crippen molar-refractivity contribution in [3.63, 3.8) is 0 Å². The Hall–Kier alpha value is -5.07. The molecule has 0 saturated carbocycles. The summed E-state index contributed by atoms with van der Waals surface area (Å²) in [4.78, 5) is 16.1. The molecular formula is C38H35FN4O. The van der Waals surface area contributed by atoms with E-state index in [0.717, 1.165) is 70.2 Å². The zero-order valence-electron chi connectivity index (χ0n) is 25.2. The number of nitrogens with one attached hydrogen (secondary N) is 1. The first-order valence-corrected chi connectivity index (χ1v) is 14.9.